The van der Waals surface area contributed by atoms with Crippen molar-refractivity contribution in [3.63, 3.8) is 0 Å². The summed E-state index contributed by atoms with van der Waals surface area (Å²) in [4.78, 5) is 29.3. The molecular formula is H6CuFeMgO4Si. The molecule has 1 radical (unpaired) electrons. The predicted molar refractivity (Wildman–Crippen MR) is 23.2 cm³/mol. The summed E-state index contributed by atoms with van der Waals surface area (Å²) in [5.41, 5.74) is 0. The van der Waals surface area contributed by atoms with Gasteiger partial charge in [0.1, 0.15) is 0 Å². The van der Waals surface area contributed by atoms with E-state index in [4.69, 9.17) is 19.2 Å². The molecule has 8 heavy (non-hydrogen) atoms. The van der Waals surface area contributed by atoms with Crippen molar-refractivity contribution in [1.82, 2.24) is 0 Å². The fourth-order valence-electron chi connectivity index (χ4n) is 0. The molecule has 0 aliphatic carbocycles. The van der Waals surface area contributed by atoms with E-state index in [1.807, 2.05) is 0 Å². The minimum absolute atomic E-state index is 0. The van der Waals surface area contributed by atoms with Crippen LogP contribution in [-0.4, -0.2) is 51.3 Å². The minimum atomic E-state index is -4.61. The van der Waals surface area contributed by atoms with E-state index in [9.17, 15) is 0 Å². The summed E-state index contributed by atoms with van der Waals surface area (Å²) in [5, 5.41) is 0. The van der Waals surface area contributed by atoms with Crippen molar-refractivity contribution in [3.8, 4) is 0 Å². The maximum Gasteiger partial charge on any atom is 0.668 e. The van der Waals surface area contributed by atoms with E-state index >= 15 is 0 Å². The molecule has 0 spiro atoms. The maximum absolute atomic E-state index is 7.33. The molecule has 0 saturated heterocycles. The Kier molecular flexibility index (Phi) is 25.0. The molecule has 55 valence electrons. The number of rotatable bonds is 0. The molecule has 0 unspecified atom stereocenters. The summed E-state index contributed by atoms with van der Waals surface area (Å²) in [6, 6.07) is 0. The zero-order valence-electron chi connectivity index (χ0n) is 2.94. The van der Waals surface area contributed by atoms with Crippen molar-refractivity contribution in [2.24, 2.45) is 0 Å². The van der Waals surface area contributed by atoms with Crippen LogP contribution in [0.1, 0.15) is 0 Å². The van der Waals surface area contributed by atoms with Gasteiger partial charge in [-0.1, -0.05) is 0 Å². The van der Waals surface area contributed by atoms with Crippen molar-refractivity contribution in [1.29, 1.82) is 0 Å². The second-order valence-electron chi connectivity index (χ2n) is 0.600. The van der Waals surface area contributed by atoms with Gasteiger partial charge in [-0.25, -0.2) is 0 Å². The molecule has 0 saturated carbocycles. The van der Waals surface area contributed by atoms with Gasteiger partial charge >= 0.3 is 32.1 Å². The quantitative estimate of drug-likeness (QED) is 0.332. The Bertz CT molecular complexity index is 31.5. The van der Waals surface area contributed by atoms with E-state index in [-0.39, 0.29) is 57.2 Å². The van der Waals surface area contributed by atoms with Gasteiger partial charge in [-0.15, -0.1) is 0 Å². The average molecular weight is 242 g/mol. The van der Waals surface area contributed by atoms with Gasteiger partial charge in [-0.2, -0.15) is 0 Å². The van der Waals surface area contributed by atoms with Crippen molar-refractivity contribution in [3.05, 3.63) is 0 Å². The Morgan fingerprint density at radius 3 is 0.875 bits per heavy atom. The molecule has 4 N–H and O–H groups in total. The largest absolute Gasteiger partial charge is 0.668 e. The van der Waals surface area contributed by atoms with Crippen LogP contribution in [0.25, 0.3) is 0 Å². The minimum Gasteiger partial charge on any atom is -0.368 e. The first-order valence-electron chi connectivity index (χ1n) is 0.894. The third-order valence-electron chi connectivity index (χ3n) is 0. The molecule has 0 atom stereocenters. The van der Waals surface area contributed by atoms with Crippen LogP contribution < -0.4 is 0 Å². The predicted octanol–water partition coefficient (Wildman–Crippen LogP) is -3.53. The molecule has 0 aliphatic rings. The number of hydrogen-bond donors (Lipinski definition) is 4. The Hall–Kier alpha value is 1.86. The first-order valence-corrected chi connectivity index (χ1v) is 2.68. The Morgan fingerprint density at radius 1 is 0.875 bits per heavy atom. The molecule has 0 aromatic carbocycles. The van der Waals surface area contributed by atoms with Crippen LogP contribution in [0.2, 0.25) is 0 Å². The molecule has 8 heteroatoms. The van der Waals surface area contributed by atoms with E-state index in [1.165, 1.54) is 0 Å². The van der Waals surface area contributed by atoms with Crippen molar-refractivity contribution < 1.29 is 53.3 Å². The van der Waals surface area contributed by atoms with Gasteiger partial charge in [-0.05, 0) is 0 Å². The van der Waals surface area contributed by atoms with E-state index in [0.717, 1.165) is 0 Å². The first-order chi connectivity index (χ1) is 2.00. The fourth-order valence-corrected chi connectivity index (χ4v) is 0. The maximum atomic E-state index is 7.33. The van der Waals surface area contributed by atoms with E-state index < -0.39 is 9.05 Å². The topological polar surface area (TPSA) is 80.9 Å². The Balaban J connectivity index is -0.0000000267. The summed E-state index contributed by atoms with van der Waals surface area (Å²) in [6.45, 7) is 0. The summed E-state index contributed by atoms with van der Waals surface area (Å²) in [6.07, 6.45) is 0. The molecule has 0 rings (SSSR count). The number of hydrogen-bond acceptors (Lipinski definition) is 4. The van der Waals surface area contributed by atoms with Crippen molar-refractivity contribution >= 4 is 32.1 Å². The molecule has 0 aromatic heterocycles. The molecule has 4 nitrogen and oxygen atoms in total. The van der Waals surface area contributed by atoms with Crippen LogP contribution in [0.4, 0.5) is 0 Å². The van der Waals surface area contributed by atoms with Crippen LogP contribution in [0, 0.1) is 0 Å². The second kappa shape index (κ2) is 8.86. The normalized spacial score (nSPS) is 7.50. The van der Waals surface area contributed by atoms with Crippen LogP contribution in [0.5, 0.6) is 0 Å². The first kappa shape index (κ1) is 22.5. The summed E-state index contributed by atoms with van der Waals surface area (Å²) in [7, 11) is -4.61. The average Bonchev–Trinajstić information content (AvgIpc) is 0.722. The SMILES string of the molecule is O[Si](O)(O)O.[Cu].[Fe].[MgH2]. The van der Waals surface area contributed by atoms with E-state index in [0.29, 0.717) is 0 Å². The Morgan fingerprint density at radius 2 is 0.875 bits per heavy atom. The van der Waals surface area contributed by atoms with Crippen molar-refractivity contribution in [2.75, 3.05) is 0 Å². The van der Waals surface area contributed by atoms with Crippen LogP contribution in [-0.2, 0) is 34.1 Å². The van der Waals surface area contributed by atoms with Gasteiger partial charge in [0.25, 0.3) is 0 Å². The zero-order chi connectivity index (χ0) is 4.50. The van der Waals surface area contributed by atoms with E-state index in [2.05, 4.69) is 0 Å². The standard InChI is InChI=1S/Cu.Fe.Mg.H4O4Si.2H/c;;;1-5(2,3)4;;/h;;;1-4H;;. The molecule has 0 bridgehead atoms. The van der Waals surface area contributed by atoms with Gasteiger partial charge in [0.15, 0.2) is 0 Å². The summed E-state index contributed by atoms with van der Waals surface area (Å²) >= 11 is 0. The molecule has 0 amide bonds. The smallest absolute Gasteiger partial charge is 0.368 e. The third kappa shape index (κ3) is 107. The van der Waals surface area contributed by atoms with Gasteiger partial charge in [-0.3, -0.25) is 0 Å². The zero-order valence-corrected chi connectivity index (χ0v) is 5.99. The van der Waals surface area contributed by atoms with Crippen molar-refractivity contribution in [2.45, 2.75) is 0 Å². The molecular weight excluding hydrogens is 236 g/mol. The molecule has 0 fully saturated rings. The van der Waals surface area contributed by atoms with Gasteiger partial charge in [0.05, 0.1) is 0 Å². The van der Waals surface area contributed by atoms with Crippen LogP contribution >= 0.6 is 0 Å². The van der Waals surface area contributed by atoms with Gasteiger partial charge in [0.2, 0.25) is 0 Å². The van der Waals surface area contributed by atoms with Gasteiger partial charge in [0, 0.05) is 34.1 Å². The molecule has 0 aliphatic heterocycles. The fraction of sp³-hybridized carbons (Fsp3) is 0. The third-order valence-corrected chi connectivity index (χ3v) is 0. The molecule has 0 heterocycles. The second-order valence-corrected chi connectivity index (χ2v) is 1.80. The monoisotopic (exact) mass is 241 g/mol. The Labute approximate surface area is 84.9 Å². The van der Waals surface area contributed by atoms with Crippen LogP contribution in [0.3, 0.4) is 0 Å². The van der Waals surface area contributed by atoms with Gasteiger partial charge < -0.3 is 19.2 Å². The summed E-state index contributed by atoms with van der Waals surface area (Å²) in [5.74, 6) is 0. The summed E-state index contributed by atoms with van der Waals surface area (Å²) < 4.78 is 0. The van der Waals surface area contributed by atoms with E-state index in [1.54, 1.807) is 0 Å². The van der Waals surface area contributed by atoms with Crippen LogP contribution in [0.15, 0.2) is 0 Å². The molecule has 0 aromatic rings.